The fourth-order valence-electron chi connectivity index (χ4n) is 2.61. The summed E-state index contributed by atoms with van der Waals surface area (Å²) >= 11 is 0. The number of nitrogens with one attached hydrogen (secondary N) is 1. The number of amides is 1. The van der Waals surface area contributed by atoms with E-state index in [4.69, 9.17) is 0 Å². The van der Waals surface area contributed by atoms with Gasteiger partial charge in [0.15, 0.2) is 0 Å². The average molecular weight is 329 g/mol. The summed E-state index contributed by atoms with van der Waals surface area (Å²) in [5, 5.41) is 0. The Bertz CT molecular complexity index is 599. The number of aromatic amines is 1. The van der Waals surface area contributed by atoms with Gasteiger partial charge in [-0.1, -0.05) is 0 Å². The highest BCUT2D eigenvalue weighted by Crippen LogP contribution is 2.15. The van der Waals surface area contributed by atoms with Crippen molar-refractivity contribution in [2.45, 2.75) is 6.54 Å². The third-order valence-corrected chi connectivity index (χ3v) is 5.03. The largest absolute Gasteiger partial charge is 0.348 e. The second-order valence-electron chi connectivity index (χ2n) is 5.82. The van der Waals surface area contributed by atoms with Crippen LogP contribution in [0.4, 0.5) is 0 Å². The molecule has 1 fully saturated rings. The molecule has 1 amide bonds. The van der Waals surface area contributed by atoms with E-state index in [1.165, 1.54) is 15.5 Å². The number of imidazole rings is 1. The molecule has 0 bridgehead atoms. The second kappa shape index (κ2) is 6.76. The summed E-state index contributed by atoms with van der Waals surface area (Å²) in [5.41, 5.74) is 0. The first-order valence-corrected chi connectivity index (χ1v) is 8.99. The minimum atomic E-state index is -3.31. The first-order valence-electron chi connectivity index (χ1n) is 7.14. The molecule has 1 unspecified atom stereocenters. The van der Waals surface area contributed by atoms with E-state index < -0.39 is 10.0 Å². The van der Waals surface area contributed by atoms with Gasteiger partial charge in [0, 0.05) is 52.7 Å². The van der Waals surface area contributed by atoms with Crippen LogP contribution in [-0.2, 0) is 21.4 Å². The lowest BCUT2D eigenvalue weighted by Gasteiger charge is -2.25. The van der Waals surface area contributed by atoms with Crippen LogP contribution in [0.3, 0.4) is 0 Å². The summed E-state index contributed by atoms with van der Waals surface area (Å²) in [7, 11) is 0.0644. The van der Waals surface area contributed by atoms with Crippen molar-refractivity contribution in [2.24, 2.45) is 5.92 Å². The molecule has 0 aromatic carbocycles. The molecule has 0 radical (unpaired) electrons. The molecule has 1 saturated heterocycles. The molecule has 124 valence electrons. The average Bonchev–Trinajstić information content (AvgIpc) is 2.82. The van der Waals surface area contributed by atoms with E-state index in [2.05, 4.69) is 14.9 Å². The Balaban J connectivity index is 2.16. The van der Waals surface area contributed by atoms with E-state index >= 15 is 0 Å². The number of rotatable bonds is 4. The van der Waals surface area contributed by atoms with Gasteiger partial charge in [-0.3, -0.25) is 9.69 Å². The van der Waals surface area contributed by atoms with Gasteiger partial charge in [-0.2, -0.15) is 0 Å². The lowest BCUT2D eigenvalue weighted by Crippen LogP contribution is -2.41. The van der Waals surface area contributed by atoms with Crippen molar-refractivity contribution in [1.82, 2.24) is 24.1 Å². The Morgan fingerprint density at radius 3 is 2.68 bits per heavy atom. The predicted octanol–water partition coefficient (Wildman–Crippen LogP) is -0.809. The number of H-pyrrole nitrogens is 1. The fourth-order valence-corrected chi connectivity index (χ4v) is 3.48. The molecule has 9 heteroatoms. The molecule has 22 heavy (non-hydrogen) atoms. The van der Waals surface area contributed by atoms with Crippen molar-refractivity contribution >= 4 is 15.9 Å². The summed E-state index contributed by atoms with van der Waals surface area (Å²) in [5.74, 6) is 0.381. The SMILES string of the molecule is CN(C)C(=O)C1CN(Cc2ncc[nH]2)CCN(S(C)(=O)=O)C1. The summed E-state index contributed by atoms with van der Waals surface area (Å²) in [6.07, 6.45) is 4.61. The number of sulfonamides is 1. The summed E-state index contributed by atoms with van der Waals surface area (Å²) in [4.78, 5) is 23.1. The molecule has 1 atom stereocenters. The van der Waals surface area contributed by atoms with Gasteiger partial charge in [0.05, 0.1) is 18.7 Å². The van der Waals surface area contributed by atoms with Crippen LogP contribution in [0, 0.1) is 5.92 Å². The lowest BCUT2D eigenvalue weighted by molar-refractivity contribution is -0.133. The Hall–Kier alpha value is -1.45. The standard InChI is InChI=1S/C13H23N5O3S/c1-16(2)13(19)11-8-17(10-12-14-4-5-15-12)6-7-18(9-11)22(3,20)21/h4-5,11H,6-10H2,1-3H3,(H,14,15). The van der Waals surface area contributed by atoms with Crippen molar-refractivity contribution in [3.63, 3.8) is 0 Å². The molecule has 8 nitrogen and oxygen atoms in total. The van der Waals surface area contributed by atoms with E-state index in [1.54, 1.807) is 26.5 Å². The molecule has 1 aliphatic heterocycles. The number of hydrogen-bond donors (Lipinski definition) is 1. The highest BCUT2D eigenvalue weighted by molar-refractivity contribution is 7.88. The number of aromatic nitrogens is 2. The minimum absolute atomic E-state index is 0.0556. The van der Waals surface area contributed by atoms with Gasteiger partial charge in [0.25, 0.3) is 0 Å². The van der Waals surface area contributed by atoms with Gasteiger partial charge in [-0.15, -0.1) is 0 Å². The van der Waals surface area contributed by atoms with E-state index in [1.807, 2.05) is 0 Å². The monoisotopic (exact) mass is 329 g/mol. The molecule has 1 aliphatic rings. The van der Waals surface area contributed by atoms with Crippen molar-refractivity contribution in [3.05, 3.63) is 18.2 Å². The van der Waals surface area contributed by atoms with Gasteiger partial charge >= 0.3 is 0 Å². The van der Waals surface area contributed by atoms with Crippen molar-refractivity contribution in [1.29, 1.82) is 0 Å². The van der Waals surface area contributed by atoms with Crippen LogP contribution in [-0.4, -0.2) is 84.9 Å². The molecule has 1 aromatic heterocycles. The van der Waals surface area contributed by atoms with Crippen LogP contribution in [0.5, 0.6) is 0 Å². The lowest BCUT2D eigenvalue weighted by atomic mass is 10.1. The third-order valence-electron chi connectivity index (χ3n) is 3.76. The molecule has 0 spiro atoms. The van der Waals surface area contributed by atoms with Crippen LogP contribution in [0.1, 0.15) is 5.82 Å². The zero-order chi connectivity index (χ0) is 16.3. The van der Waals surface area contributed by atoms with Crippen LogP contribution in [0.25, 0.3) is 0 Å². The highest BCUT2D eigenvalue weighted by atomic mass is 32.2. The zero-order valence-corrected chi connectivity index (χ0v) is 14.0. The van der Waals surface area contributed by atoms with Gasteiger partial charge in [-0.05, 0) is 0 Å². The van der Waals surface area contributed by atoms with E-state index in [-0.39, 0.29) is 18.4 Å². The number of carbonyl (C=O) groups excluding carboxylic acids is 1. The first-order chi connectivity index (χ1) is 10.3. The Labute approximate surface area is 131 Å². The van der Waals surface area contributed by atoms with Crippen molar-refractivity contribution in [3.8, 4) is 0 Å². The number of nitrogens with zero attached hydrogens (tertiary/aromatic N) is 4. The maximum absolute atomic E-state index is 12.3. The molecule has 0 aliphatic carbocycles. The normalized spacial score (nSPS) is 21.5. The fraction of sp³-hybridized carbons (Fsp3) is 0.692. The Morgan fingerprint density at radius 1 is 1.41 bits per heavy atom. The van der Waals surface area contributed by atoms with Gasteiger partial charge in [-0.25, -0.2) is 17.7 Å². The smallest absolute Gasteiger partial charge is 0.227 e. The minimum Gasteiger partial charge on any atom is -0.348 e. The molecule has 2 heterocycles. The van der Waals surface area contributed by atoms with Gasteiger partial charge < -0.3 is 9.88 Å². The van der Waals surface area contributed by atoms with E-state index in [0.717, 1.165) is 5.82 Å². The molecular formula is C13H23N5O3S. The van der Waals surface area contributed by atoms with Gasteiger partial charge in [0.2, 0.25) is 15.9 Å². The van der Waals surface area contributed by atoms with Crippen LogP contribution in [0.2, 0.25) is 0 Å². The first kappa shape index (κ1) is 16.9. The van der Waals surface area contributed by atoms with Gasteiger partial charge in [0.1, 0.15) is 5.82 Å². The molecular weight excluding hydrogens is 306 g/mol. The van der Waals surface area contributed by atoms with Crippen molar-refractivity contribution < 1.29 is 13.2 Å². The molecule has 0 saturated carbocycles. The molecule has 2 rings (SSSR count). The van der Waals surface area contributed by atoms with Crippen LogP contribution < -0.4 is 0 Å². The summed E-state index contributed by atoms with van der Waals surface area (Å²) in [6, 6.07) is 0. The maximum atomic E-state index is 12.3. The molecule has 1 aromatic rings. The second-order valence-corrected chi connectivity index (χ2v) is 7.80. The predicted molar refractivity (Wildman–Crippen MR) is 82.5 cm³/mol. The third kappa shape index (κ3) is 4.28. The highest BCUT2D eigenvalue weighted by Gasteiger charge is 2.32. The maximum Gasteiger partial charge on any atom is 0.227 e. The number of carbonyl (C=O) groups is 1. The zero-order valence-electron chi connectivity index (χ0n) is 13.2. The quantitative estimate of drug-likeness (QED) is 0.780. The van der Waals surface area contributed by atoms with Crippen molar-refractivity contribution in [2.75, 3.05) is 46.5 Å². The Morgan fingerprint density at radius 2 is 2.14 bits per heavy atom. The molecule has 1 N–H and O–H groups in total. The Kier molecular flexibility index (Phi) is 5.20. The van der Waals surface area contributed by atoms with Crippen LogP contribution >= 0.6 is 0 Å². The van der Waals surface area contributed by atoms with E-state index in [0.29, 0.717) is 26.2 Å². The topological polar surface area (TPSA) is 89.6 Å². The number of hydrogen-bond acceptors (Lipinski definition) is 5. The van der Waals surface area contributed by atoms with Crippen LogP contribution in [0.15, 0.2) is 12.4 Å². The summed E-state index contributed by atoms with van der Waals surface area (Å²) in [6.45, 7) is 2.28. The van der Waals surface area contributed by atoms with E-state index in [9.17, 15) is 13.2 Å². The summed E-state index contributed by atoms with van der Waals surface area (Å²) < 4.78 is 25.1.